The third-order valence-electron chi connectivity index (χ3n) is 2.74. The Morgan fingerprint density at radius 1 is 1.18 bits per heavy atom. The largest absolute Gasteiger partial charge is 0.355 e. The van der Waals surface area contributed by atoms with Crippen molar-refractivity contribution in [3.63, 3.8) is 0 Å². The second-order valence-corrected chi connectivity index (χ2v) is 7.64. The molecule has 1 rings (SSSR count). The van der Waals surface area contributed by atoms with E-state index in [1.165, 1.54) is 0 Å². The van der Waals surface area contributed by atoms with Gasteiger partial charge in [-0.05, 0) is 26.2 Å². The zero-order chi connectivity index (χ0) is 16.2. The number of Topliss-reactive ketones (excluding diaryl/α,β-unsaturated/α-hetero) is 1. The van der Waals surface area contributed by atoms with Crippen molar-refractivity contribution < 1.29 is 9.59 Å². The van der Waals surface area contributed by atoms with Crippen LogP contribution < -0.4 is 5.32 Å². The molecule has 22 heavy (non-hydrogen) atoms. The number of amides is 1. The van der Waals surface area contributed by atoms with Gasteiger partial charge in [0.15, 0.2) is 5.78 Å². The molecule has 0 saturated carbocycles. The number of nitrogens with zero attached hydrogens (tertiary/aromatic N) is 2. The molecule has 0 fully saturated rings. The molecule has 0 unspecified atom stereocenters. The first-order valence-corrected chi connectivity index (χ1v) is 9.68. The van der Waals surface area contributed by atoms with Crippen molar-refractivity contribution in [1.29, 1.82) is 0 Å². The van der Waals surface area contributed by atoms with Crippen LogP contribution in [0.4, 0.5) is 0 Å². The van der Waals surface area contributed by atoms with Gasteiger partial charge < -0.3 is 10.2 Å². The number of hydrogen-bond acceptors (Lipinski definition) is 6. The molecule has 0 aliphatic rings. The highest BCUT2D eigenvalue weighted by atomic mass is 33.1. The fraction of sp³-hybridized carbons (Fsp3) is 0.533. The predicted molar refractivity (Wildman–Crippen MR) is 94.3 cm³/mol. The lowest BCUT2D eigenvalue weighted by atomic mass is 10.1. The van der Waals surface area contributed by atoms with Gasteiger partial charge in [-0.15, -0.1) is 0 Å². The summed E-state index contributed by atoms with van der Waals surface area (Å²) in [6.45, 7) is 1.69. The summed E-state index contributed by atoms with van der Waals surface area (Å²) < 4.78 is 0. The number of rotatable bonds is 11. The molecule has 0 saturated heterocycles. The molecule has 5 nitrogen and oxygen atoms in total. The summed E-state index contributed by atoms with van der Waals surface area (Å²) in [5.74, 6) is 1.77. The standard InChI is InChI=1S/C15H23N3O2S2/c1-18(2)10-12-22-21-11-9-17-15(20)7-6-14(19)13-5-3-4-8-16-13/h3-5,8H,6-7,9-12H2,1-2H3,(H,17,20). The third kappa shape index (κ3) is 9.07. The summed E-state index contributed by atoms with van der Waals surface area (Å²) in [6, 6.07) is 5.20. The Hall–Kier alpha value is -1.05. The normalized spacial score (nSPS) is 10.7. The first kappa shape index (κ1) is 19.0. The van der Waals surface area contributed by atoms with Crippen LogP contribution in [0.25, 0.3) is 0 Å². The van der Waals surface area contributed by atoms with E-state index in [1.54, 1.807) is 35.2 Å². The number of aromatic nitrogens is 1. The van der Waals surface area contributed by atoms with E-state index < -0.39 is 0 Å². The maximum Gasteiger partial charge on any atom is 0.220 e. The molecular formula is C15H23N3O2S2. The Bertz CT molecular complexity index is 455. The van der Waals surface area contributed by atoms with Gasteiger partial charge in [0.05, 0.1) is 0 Å². The van der Waals surface area contributed by atoms with E-state index in [4.69, 9.17) is 0 Å². The summed E-state index contributed by atoms with van der Waals surface area (Å²) in [5.41, 5.74) is 0.420. The van der Waals surface area contributed by atoms with Gasteiger partial charge in [-0.1, -0.05) is 27.7 Å². The van der Waals surface area contributed by atoms with E-state index in [1.807, 2.05) is 10.8 Å². The molecule has 0 aliphatic heterocycles. The van der Waals surface area contributed by atoms with Crippen LogP contribution in [0.5, 0.6) is 0 Å². The summed E-state index contributed by atoms with van der Waals surface area (Å²) in [5, 5.41) is 2.83. The van der Waals surface area contributed by atoms with Crippen molar-refractivity contribution in [2.45, 2.75) is 12.8 Å². The minimum atomic E-state index is -0.0932. The quantitative estimate of drug-likeness (QED) is 0.378. The topological polar surface area (TPSA) is 62.3 Å². The van der Waals surface area contributed by atoms with Gasteiger partial charge in [-0.2, -0.15) is 0 Å². The second kappa shape index (κ2) is 11.5. The molecule has 1 aromatic heterocycles. The first-order chi connectivity index (χ1) is 10.6. The van der Waals surface area contributed by atoms with Gasteiger partial charge in [0.1, 0.15) is 5.69 Å². The van der Waals surface area contributed by atoms with Crippen LogP contribution in [-0.4, -0.2) is 60.3 Å². The molecule has 0 spiro atoms. The van der Waals surface area contributed by atoms with Crippen molar-refractivity contribution in [3.8, 4) is 0 Å². The van der Waals surface area contributed by atoms with E-state index in [2.05, 4.69) is 29.3 Å². The molecular weight excluding hydrogens is 318 g/mol. The average Bonchev–Trinajstić information content (AvgIpc) is 2.52. The minimum Gasteiger partial charge on any atom is -0.355 e. The Labute approximate surface area is 140 Å². The van der Waals surface area contributed by atoms with Crippen LogP contribution in [0.2, 0.25) is 0 Å². The smallest absolute Gasteiger partial charge is 0.220 e. The predicted octanol–water partition coefficient (Wildman–Crippen LogP) is 2.10. The molecule has 1 amide bonds. The summed E-state index contributed by atoms with van der Waals surface area (Å²) >= 11 is 0. The lowest BCUT2D eigenvalue weighted by Crippen LogP contribution is -2.26. The van der Waals surface area contributed by atoms with Gasteiger partial charge in [0.2, 0.25) is 5.91 Å². The number of pyridine rings is 1. The number of nitrogens with one attached hydrogen (secondary N) is 1. The lowest BCUT2D eigenvalue weighted by Gasteiger charge is -2.08. The third-order valence-corrected chi connectivity index (χ3v) is 5.13. The summed E-state index contributed by atoms with van der Waals surface area (Å²) in [4.78, 5) is 29.6. The fourth-order valence-electron chi connectivity index (χ4n) is 1.54. The van der Waals surface area contributed by atoms with Crippen LogP contribution in [0.3, 0.4) is 0 Å². The Balaban J connectivity index is 2.03. The van der Waals surface area contributed by atoms with E-state index in [9.17, 15) is 9.59 Å². The number of hydrogen-bond donors (Lipinski definition) is 1. The highest BCUT2D eigenvalue weighted by Gasteiger charge is 2.09. The molecule has 1 N–H and O–H groups in total. The zero-order valence-electron chi connectivity index (χ0n) is 13.1. The van der Waals surface area contributed by atoms with Crippen molar-refractivity contribution in [2.75, 3.05) is 38.7 Å². The number of ketones is 1. The molecule has 1 aromatic rings. The molecule has 0 radical (unpaired) electrons. The van der Waals surface area contributed by atoms with Gasteiger partial charge in [-0.3, -0.25) is 14.6 Å². The average molecular weight is 342 g/mol. The Morgan fingerprint density at radius 3 is 2.64 bits per heavy atom. The van der Waals surface area contributed by atoms with Gasteiger partial charge >= 0.3 is 0 Å². The van der Waals surface area contributed by atoms with Gasteiger partial charge in [0, 0.05) is 43.6 Å². The Morgan fingerprint density at radius 2 is 1.95 bits per heavy atom. The molecule has 122 valence electrons. The van der Waals surface area contributed by atoms with Gasteiger partial charge in [0.25, 0.3) is 0 Å². The van der Waals surface area contributed by atoms with E-state index in [0.29, 0.717) is 12.2 Å². The molecule has 1 heterocycles. The molecule has 0 bridgehead atoms. The SMILES string of the molecule is CN(C)CCSSCCNC(=O)CCC(=O)c1ccccn1. The highest BCUT2D eigenvalue weighted by molar-refractivity contribution is 8.76. The first-order valence-electron chi connectivity index (χ1n) is 7.19. The van der Waals surface area contributed by atoms with E-state index in [-0.39, 0.29) is 24.5 Å². The molecule has 0 aliphatic carbocycles. The summed E-state index contributed by atoms with van der Waals surface area (Å²) in [6.07, 6.45) is 2.00. The molecule has 0 aromatic carbocycles. The molecule has 7 heteroatoms. The van der Waals surface area contributed by atoms with Crippen molar-refractivity contribution >= 4 is 33.3 Å². The van der Waals surface area contributed by atoms with Crippen LogP contribution in [0.1, 0.15) is 23.3 Å². The van der Waals surface area contributed by atoms with E-state index in [0.717, 1.165) is 18.1 Å². The zero-order valence-corrected chi connectivity index (χ0v) is 14.7. The lowest BCUT2D eigenvalue weighted by molar-refractivity contribution is -0.120. The van der Waals surface area contributed by atoms with Crippen LogP contribution in [-0.2, 0) is 4.79 Å². The highest BCUT2D eigenvalue weighted by Crippen LogP contribution is 2.19. The fourth-order valence-corrected chi connectivity index (χ4v) is 3.58. The monoisotopic (exact) mass is 341 g/mol. The number of carbonyl (C=O) groups is 2. The number of carbonyl (C=O) groups excluding carboxylic acids is 2. The maximum atomic E-state index is 11.8. The van der Waals surface area contributed by atoms with Crippen molar-refractivity contribution in [3.05, 3.63) is 30.1 Å². The minimum absolute atomic E-state index is 0.0804. The van der Waals surface area contributed by atoms with Crippen LogP contribution in [0, 0.1) is 0 Å². The van der Waals surface area contributed by atoms with E-state index >= 15 is 0 Å². The maximum absolute atomic E-state index is 11.8. The summed E-state index contributed by atoms with van der Waals surface area (Å²) in [7, 11) is 7.67. The Kier molecular flexibility index (Phi) is 9.94. The van der Waals surface area contributed by atoms with Gasteiger partial charge in [-0.25, -0.2) is 0 Å². The molecule has 0 atom stereocenters. The van der Waals surface area contributed by atoms with Crippen LogP contribution in [0.15, 0.2) is 24.4 Å². The van der Waals surface area contributed by atoms with Crippen molar-refractivity contribution in [2.24, 2.45) is 0 Å². The second-order valence-electron chi connectivity index (χ2n) is 4.94. The van der Waals surface area contributed by atoms with Crippen LogP contribution >= 0.6 is 21.6 Å². The van der Waals surface area contributed by atoms with Crippen molar-refractivity contribution in [1.82, 2.24) is 15.2 Å².